The highest BCUT2D eigenvalue weighted by molar-refractivity contribution is 5.97. The molecule has 0 aliphatic heterocycles. The minimum Gasteiger partial charge on any atom is -0.466 e. The second-order valence-electron chi connectivity index (χ2n) is 3.62. The van der Waals surface area contributed by atoms with Gasteiger partial charge in [-0.2, -0.15) is 0 Å². The van der Waals surface area contributed by atoms with Crippen molar-refractivity contribution in [2.45, 2.75) is 19.4 Å². The fraction of sp³-hybridized carbons (Fsp3) is 0.778. The zero-order valence-electron chi connectivity index (χ0n) is 7.40. The van der Waals surface area contributed by atoms with Crippen molar-refractivity contribution in [2.24, 2.45) is 17.8 Å². The number of esters is 1. The van der Waals surface area contributed by atoms with Crippen LogP contribution in [0.4, 0.5) is 0 Å². The fourth-order valence-corrected chi connectivity index (χ4v) is 2.21. The third-order valence-corrected chi connectivity index (χ3v) is 2.88. The average Bonchev–Trinajstić information content (AvgIpc) is 2.70. The molecule has 0 amide bonds. The standard InChI is InChI=1S/C9H12O4/c1-2-13-9(12)7-4-3-5(10)8(11)6(4)7/h4-7,10H,2-3H2,1H3. The van der Waals surface area contributed by atoms with Crippen molar-refractivity contribution in [3.8, 4) is 0 Å². The summed E-state index contributed by atoms with van der Waals surface area (Å²) in [4.78, 5) is 22.4. The van der Waals surface area contributed by atoms with Crippen LogP contribution in [0.3, 0.4) is 0 Å². The lowest BCUT2D eigenvalue weighted by atomic mass is 10.1. The largest absolute Gasteiger partial charge is 0.466 e. The number of aliphatic hydroxyl groups is 1. The van der Waals surface area contributed by atoms with Crippen molar-refractivity contribution in [1.82, 2.24) is 0 Å². The molecule has 4 heteroatoms. The molecule has 4 unspecified atom stereocenters. The van der Waals surface area contributed by atoms with Crippen LogP contribution < -0.4 is 0 Å². The molecule has 2 aliphatic rings. The lowest BCUT2D eigenvalue weighted by molar-refractivity contribution is -0.147. The molecule has 0 spiro atoms. The molecule has 1 N–H and O–H groups in total. The number of rotatable bonds is 2. The number of ketones is 1. The summed E-state index contributed by atoms with van der Waals surface area (Å²) in [6.45, 7) is 2.10. The minimum absolute atomic E-state index is 0.0570. The molecule has 2 aliphatic carbocycles. The molecule has 0 heterocycles. The highest BCUT2D eigenvalue weighted by Crippen LogP contribution is 2.55. The van der Waals surface area contributed by atoms with Crippen LogP contribution in [0.25, 0.3) is 0 Å². The maximum absolute atomic E-state index is 11.2. The third kappa shape index (κ3) is 1.16. The van der Waals surface area contributed by atoms with E-state index in [0.29, 0.717) is 13.0 Å². The van der Waals surface area contributed by atoms with Crippen molar-refractivity contribution >= 4 is 11.8 Å². The van der Waals surface area contributed by atoms with Crippen LogP contribution in [0.2, 0.25) is 0 Å². The first-order valence-electron chi connectivity index (χ1n) is 4.55. The molecule has 13 heavy (non-hydrogen) atoms. The molecule has 0 aromatic heterocycles. The lowest BCUT2D eigenvalue weighted by Gasteiger charge is -2.06. The van der Waals surface area contributed by atoms with Gasteiger partial charge in [-0.1, -0.05) is 0 Å². The average molecular weight is 184 g/mol. The number of hydrogen-bond acceptors (Lipinski definition) is 4. The summed E-state index contributed by atoms with van der Waals surface area (Å²) >= 11 is 0. The van der Waals surface area contributed by atoms with E-state index in [1.54, 1.807) is 6.92 Å². The Hall–Kier alpha value is -0.900. The van der Waals surface area contributed by atoms with Gasteiger partial charge in [0, 0.05) is 5.92 Å². The third-order valence-electron chi connectivity index (χ3n) is 2.88. The molecule has 4 atom stereocenters. The summed E-state index contributed by atoms with van der Waals surface area (Å²) in [5.74, 6) is -0.896. The van der Waals surface area contributed by atoms with Crippen molar-refractivity contribution in [3.63, 3.8) is 0 Å². The van der Waals surface area contributed by atoms with Crippen molar-refractivity contribution in [2.75, 3.05) is 6.61 Å². The van der Waals surface area contributed by atoms with Gasteiger partial charge in [0.1, 0.15) is 6.10 Å². The fourth-order valence-electron chi connectivity index (χ4n) is 2.21. The molecule has 0 bridgehead atoms. The van der Waals surface area contributed by atoms with E-state index in [4.69, 9.17) is 9.84 Å². The second-order valence-corrected chi connectivity index (χ2v) is 3.62. The quantitative estimate of drug-likeness (QED) is 0.601. The maximum Gasteiger partial charge on any atom is 0.309 e. The molecule has 0 saturated heterocycles. The highest BCUT2D eigenvalue weighted by Gasteiger charge is 2.65. The van der Waals surface area contributed by atoms with Crippen LogP contribution >= 0.6 is 0 Å². The van der Waals surface area contributed by atoms with Crippen LogP contribution in [0.15, 0.2) is 0 Å². The van der Waals surface area contributed by atoms with Gasteiger partial charge in [0.25, 0.3) is 0 Å². The van der Waals surface area contributed by atoms with Crippen molar-refractivity contribution in [3.05, 3.63) is 0 Å². The molecule has 2 fully saturated rings. The zero-order chi connectivity index (χ0) is 9.59. The lowest BCUT2D eigenvalue weighted by Crippen LogP contribution is -2.22. The number of Topliss-reactive ketones (excluding diaryl/α,β-unsaturated/α-hetero) is 1. The monoisotopic (exact) mass is 184 g/mol. The van der Waals surface area contributed by atoms with E-state index in [-0.39, 0.29) is 29.5 Å². The normalized spacial score (nSPS) is 41.5. The Bertz CT molecular complexity index is 260. The first-order chi connectivity index (χ1) is 6.16. The van der Waals surface area contributed by atoms with E-state index in [9.17, 15) is 9.59 Å². The minimum atomic E-state index is -0.833. The number of hydrogen-bond donors (Lipinski definition) is 1. The van der Waals surface area contributed by atoms with Gasteiger partial charge < -0.3 is 9.84 Å². The topological polar surface area (TPSA) is 63.6 Å². The molecule has 0 aromatic rings. The number of carbonyl (C=O) groups excluding carboxylic acids is 2. The zero-order valence-corrected chi connectivity index (χ0v) is 7.40. The molecular formula is C9H12O4. The van der Waals surface area contributed by atoms with Crippen LogP contribution in [-0.4, -0.2) is 29.6 Å². The Morgan fingerprint density at radius 3 is 2.85 bits per heavy atom. The van der Waals surface area contributed by atoms with E-state index in [1.807, 2.05) is 0 Å². The predicted octanol–water partition coefficient (Wildman–Crippen LogP) is -0.255. The number of carbonyl (C=O) groups is 2. The number of fused-ring (bicyclic) bond motifs is 1. The molecule has 0 radical (unpaired) electrons. The van der Waals surface area contributed by atoms with Crippen molar-refractivity contribution in [1.29, 1.82) is 0 Å². The molecule has 2 rings (SSSR count). The number of ether oxygens (including phenoxy) is 1. The van der Waals surface area contributed by atoms with Gasteiger partial charge in [-0.3, -0.25) is 9.59 Å². The van der Waals surface area contributed by atoms with Gasteiger partial charge in [0.2, 0.25) is 0 Å². The van der Waals surface area contributed by atoms with Gasteiger partial charge >= 0.3 is 5.97 Å². The van der Waals surface area contributed by atoms with E-state index in [0.717, 1.165) is 0 Å². The smallest absolute Gasteiger partial charge is 0.309 e. The summed E-state index contributed by atoms with van der Waals surface area (Å²) in [5.41, 5.74) is 0. The van der Waals surface area contributed by atoms with E-state index < -0.39 is 6.10 Å². The Morgan fingerprint density at radius 1 is 1.69 bits per heavy atom. The second kappa shape index (κ2) is 2.80. The van der Waals surface area contributed by atoms with Gasteiger partial charge in [-0.25, -0.2) is 0 Å². The van der Waals surface area contributed by atoms with E-state index >= 15 is 0 Å². The first-order valence-corrected chi connectivity index (χ1v) is 4.55. The Balaban J connectivity index is 1.96. The van der Waals surface area contributed by atoms with Crippen LogP contribution in [-0.2, 0) is 14.3 Å². The number of aliphatic hydroxyl groups excluding tert-OH is 1. The van der Waals surface area contributed by atoms with Crippen LogP contribution in [0, 0.1) is 17.8 Å². The summed E-state index contributed by atoms with van der Waals surface area (Å²) in [5, 5.41) is 9.13. The molecular weight excluding hydrogens is 172 g/mol. The summed E-state index contributed by atoms with van der Waals surface area (Å²) in [6, 6.07) is 0. The van der Waals surface area contributed by atoms with Gasteiger partial charge in [0.15, 0.2) is 5.78 Å². The van der Waals surface area contributed by atoms with Gasteiger partial charge in [0.05, 0.1) is 12.5 Å². The van der Waals surface area contributed by atoms with E-state index in [1.165, 1.54) is 0 Å². The van der Waals surface area contributed by atoms with Crippen LogP contribution in [0.5, 0.6) is 0 Å². The summed E-state index contributed by atoms with van der Waals surface area (Å²) in [6.07, 6.45) is -0.395. The molecule has 72 valence electrons. The Kier molecular flexibility index (Phi) is 1.87. The predicted molar refractivity (Wildman–Crippen MR) is 42.7 cm³/mol. The van der Waals surface area contributed by atoms with E-state index in [2.05, 4.69) is 0 Å². The summed E-state index contributed by atoms with van der Waals surface area (Å²) in [7, 11) is 0. The molecule has 0 aromatic carbocycles. The Labute approximate surface area is 75.9 Å². The van der Waals surface area contributed by atoms with Crippen molar-refractivity contribution < 1.29 is 19.4 Å². The SMILES string of the molecule is CCOC(=O)C1C2CC(O)C(=O)C21. The summed E-state index contributed by atoms with van der Waals surface area (Å²) < 4.78 is 4.81. The maximum atomic E-state index is 11.2. The Morgan fingerprint density at radius 2 is 2.38 bits per heavy atom. The van der Waals surface area contributed by atoms with Gasteiger partial charge in [-0.15, -0.1) is 0 Å². The van der Waals surface area contributed by atoms with Gasteiger partial charge in [-0.05, 0) is 19.3 Å². The molecule has 2 saturated carbocycles. The van der Waals surface area contributed by atoms with Crippen LogP contribution in [0.1, 0.15) is 13.3 Å². The first kappa shape index (κ1) is 8.69. The highest BCUT2D eigenvalue weighted by atomic mass is 16.5. The molecule has 4 nitrogen and oxygen atoms in total.